The number of carbonyl (C=O) groups is 1. The summed E-state index contributed by atoms with van der Waals surface area (Å²) in [5, 5.41) is 0. The van der Waals surface area contributed by atoms with E-state index in [9.17, 15) is 4.79 Å². The Hall–Kier alpha value is -1.31. The van der Waals surface area contributed by atoms with Gasteiger partial charge in [0.25, 0.3) is 0 Å². The number of benzene rings is 1. The van der Waals surface area contributed by atoms with E-state index < -0.39 is 0 Å². The maximum atomic E-state index is 12.4. The van der Waals surface area contributed by atoms with E-state index in [0.717, 1.165) is 25.2 Å². The highest BCUT2D eigenvalue weighted by molar-refractivity contribution is 5.79. The lowest BCUT2D eigenvalue weighted by Crippen LogP contribution is -2.19. The Balaban J connectivity index is 1.92. The molecular weight excluding hydrogens is 260 g/mol. The lowest BCUT2D eigenvalue weighted by atomic mass is 9.81. The molecule has 0 amide bonds. The summed E-state index contributed by atoms with van der Waals surface area (Å²) in [7, 11) is 0. The number of Topliss-reactive ketones (excluding diaryl/α,β-unsaturated/α-hetero) is 1. The standard InChI is InChI=1S/C19H28O2/c1-14(13-19(2,3)4)11-16(20)12-15-9-10-21-18-8-6-5-7-17(15)18/h5-8,14-15H,9-13H2,1-4H3. The molecule has 21 heavy (non-hydrogen) atoms. The van der Waals surface area contributed by atoms with Crippen molar-refractivity contribution in [2.24, 2.45) is 11.3 Å². The van der Waals surface area contributed by atoms with Crippen molar-refractivity contribution in [3.8, 4) is 5.75 Å². The molecule has 1 aliphatic rings. The van der Waals surface area contributed by atoms with Gasteiger partial charge in [-0.15, -0.1) is 0 Å². The van der Waals surface area contributed by atoms with E-state index in [0.29, 0.717) is 35.9 Å². The van der Waals surface area contributed by atoms with E-state index in [1.807, 2.05) is 18.2 Å². The number of ether oxygens (including phenoxy) is 1. The minimum Gasteiger partial charge on any atom is -0.493 e. The van der Waals surface area contributed by atoms with Crippen molar-refractivity contribution < 1.29 is 9.53 Å². The van der Waals surface area contributed by atoms with Crippen LogP contribution in [0.4, 0.5) is 0 Å². The molecule has 2 heteroatoms. The van der Waals surface area contributed by atoms with Crippen LogP contribution in [0.3, 0.4) is 0 Å². The van der Waals surface area contributed by atoms with Gasteiger partial charge in [0.05, 0.1) is 6.61 Å². The number of ketones is 1. The number of rotatable bonds is 5. The molecule has 0 aliphatic carbocycles. The molecule has 0 bridgehead atoms. The molecule has 2 rings (SSSR count). The van der Waals surface area contributed by atoms with Gasteiger partial charge >= 0.3 is 0 Å². The minimum absolute atomic E-state index is 0.297. The molecule has 2 nitrogen and oxygen atoms in total. The Morgan fingerprint density at radius 3 is 2.76 bits per heavy atom. The molecule has 1 aromatic carbocycles. The average molecular weight is 288 g/mol. The molecular formula is C19H28O2. The highest BCUT2D eigenvalue weighted by Gasteiger charge is 2.25. The molecule has 2 atom stereocenters. The molecule has 0 spiro atoms. The van der Waals surface area contributed by atoms with Crippen molar-refractivity contribution in [3.05, 3.63) is 29.8 Å². The fourth-order valence-corrected chi connectivity index (χ4v) is 3.49. The van der Waals surface area contributed by atoms with Crippen LogP contribution in [-0.2, 0) is 4.79 Å². The van der Waals surface area contributed by atoms with Crippen molar-refractivity contribution in [1.82, 2.24) is 0 Å². The summed E-state index contributed by atoms with van der Waals surface area (Å²) in [6.07, 6.45) is 3.42. The number of fused-ring (bicyclic) bond motifs is 1. The summed E-state index contributed by atoms with van der Waals surface area (Å²) in [5.41, 5.74) is 1.51. The second-order valence-electron chi connectivity index (χ2n) is 7.69. The van der Waals surface area contributed by atoms with E-state index >= 15 is 0 Å². The summed E-state index contributed by atoms with van der Waals surface area (Å²) in [4.78, 5) is 12.4. The first-order valence-corrected chi connectivity index (χ1v) is 8.08. The van der Waals surface area contributed by atoms with E-state index in [4.69, 9.17) is 4.74 Å². The van der Waals surface area contributed by atoms with Gasteiger partial charge in [-0.2, -0.15) is 0 Å². The molecule has 1 aromatic rings. The number of para-hydroxylation sites is 1. The Morgan fingerprint density at radius 2 is 2.05 bits per heavy atom. The van der Waals surface area contributed by atoms with Gasteiger partial charge in [0.2, 0.25) is 0 Å². The summed E-state index contributed by atoms with van der Waals surface area (Å²) >= 11 is 0. The second kappa shape index (κ2) is 6.64. The van der Waals surface area contributed by atoms with Crippen molar-refractivity contribution >= 4 is 5.78 Å². The van der Waals surface area contributed by atoms with E-state index in [2.05, 4.69) is 33.8 Å². The zero-order valence-corrected chi connectivity index (χ0v) is 13.8. The maximum Gasteiger partial charge on any atom is 0.133 e. The zero-order chi connectivity index (χ0) is 15.5. The van der Waals surface area contributed by atoms with Crippen LogP contribution in [0, 0.1) is 11.3 Å². The maximum absolute atomic E-state index is 12.4. The van der Waals surface area contributed by atoms with Gasteiger partial charge in [-0.3, -0.25) is 4.79 Å². The Morgan fingerprint density at radius 1 is 1.33 bits per heavy atom. The zero-order valence-electron chi connectivity index (χ0n) is 13.8. The van der Waals surface area contributed by atoms with Gasteiger partial charge < -0.3 is 4.74 Å². The van der Waals surface area contributed by atoms with Crippen LogP contribution in [0.15, 0.2) is 24.3 Å². The van der Waals surface area contributed by atoms with E-state index in [1.54, 1.807) is 0 Å². The van der Waals surface area contributed by atoms with Crippen LogP contribution in [-0.4, -0.2) is 12.4 Å². The molecule has 1 heterocycles. The lowest BCUT2D eigenvalue weighted by Gasteiger charge is -2.26. The molecule has 0 saturated carbocycles. The lowest BCUT2D eigenvalue weighted by molar-refractivity contribution is -0.120. The van der Waals surface area contributed by atoms with Gasteiger partial charge in [-0.05, 0) is 41.7 Å². The number of hydrogen-bond acceptors (Lipinski definition) is 2. The van der Waals surface area contributed by atoms with Crippen LogP contribution in [0.25, 0.3) is 0 Å². The predicted molar refractivity (Wildman–Crippen MR) is 86.8 cm³/mol. The molecule has 0 aromatic heterocycles. The summed E-state index contributed by atoms with van der Waals surface area (Å²) < 4.78 is 5.67. The fraction of sp³-hybridized carbons (Fsp3) is 0.632. The second-order valence-corrected chi connectivity index (χ2v) is 7.69. The van der Waals surface area contributed by atoms with Gasteiger partial charge in [0.1, 0.15) is 11.5 Å². The Kier molecular flexibility index (Phi) is 5.08. The first-order chi connectivity index (χ1) is 9.85. The minimum atomic E-state index is 0.297. The summed E-state index contributed by atoms with van der Waals surface area (Å²) in [6.45, 7) is 9.64. The van der Waals surface area contributed by atoms with Crippen LogP contribution in [0.2, 0.25) is 0 Å². The molecule has 0 fully saturated rings. The van der Waals surface area contributed by atoms with Crippen LogP contribution < -0.4 is 4.74 Å². The molecule has 0 N–H and O–H groups in total. The normalized spacial score (nSPS) is 19.5. The smallest absolute Gasteiger partial charge is 0.133 e. The largest absolute Gasteiger partial charge is 0.493 e. The van der Waals surface area contributed by atoms with Crippen LogP contribution in [0.5, 0.6) is 5.75 Å². The van der Waals surface area contributed by atoms with E-state index in [-0.39, 0.29) is 0 Å². The third-order valence-corrected chi connectivity index (χ3v) is 4.09. The summed E-state index contributed by atoms with van der Waals surface area (Å²) in [6, 6.07) is 8.14. The molecule has 1 aliphatic heterocycles. The average Bonchev–Trinajstić information content (AvgIpc) is 2.36. The number of hydrogen-bond donors (Lipinski definition) is 0. The molecule has 2 unspecified atom stereocenters. The highest BCUT2D eigenvalue weighted by Crippen LogP contribution is 2.36. The van der Waals surface area contributed by atoms with Gasteiger partial charge in [0, 0.05) is 12.8 Å². The quantitative estimate of drug-likeness (QED) is 0.764. The van der Waals surface area contributed by atoms with Crippen LogP contribution in [0.1, 0.15) is 64.9 Å². The van der Waals surface area contributed by atoms with Crippen LogP contribution >= 0.6 is 0 Å². The first kappa shape index (κ1) is 16.1. The van der Waals surface area contributed by atoms with Gasteiger partial charge in [0.15, 0.2) is 0 Å². The third-order valence-electron chi connectivity index (χ3n) is 4.09. The van der Waals surface area contributed by atoms with Gasteiger partial charge in [-0.1, -0.05) is 45.9 Å². The summed E-state index contributed by atoms with van der Waals surface area (Å²) in [5.74, 6) is 2.16. The van der Waals surface area contributed by atoms with Gasteiger partial charge in [-0.25, -0.2) is 0 Å². The van der Waals surface area contributed by atoms with Crippen molar-refractivity contribution in [1.29, 1.82) is 0 Å². The van der Waals surface area contributed by atoms with Crippen molar-refractivity contribution in [2.75, 3.05) is 6.61 Å². The predicted octanol–water partition coefficient (Wildman–Crippen LogP) is 4.97. The van der Waals surface area contributed by atoms with Crippen molar-refractivity contribution in [2.45, 2.75) is 59.3 Å². The highest BCUT2D eigenvalue weighted by atomic mass is 16.5. The molecule has 116 valence electrons. The first-order valence-electron chi connectivity index (χ1n) is 8.08. The molecule has 0 radical (unpaired) electrons. The Bertz CT molecular complexity index is 485. The molecule has 0 saturated heterocycles. The monoisotopic (exact) mass is 288 g/mol. The van der Waals surface area contributed by atoms with E-state index in [1.165, 1.54) is 5.56 Å². The SMILES string of the molecule is CC(CC(=O)CC1CCOc2ccccc21)CC(C)(C)C. The third kappa shape index (κ3) is 4.87. The Labute approximate surface area is 128 Å². The topological polar surface area (TPSA) is 26.3 Å². The fourth-order valence-electron chi connectivity index (χ4n) is 3.49. The number of carbonyl (C=O) groups excluding carboxylic acids is 1. The van der Waals surface area contributed by atoms with Crippen molar-refractivity contribution in [3.63, 3.8) is 0 Å².